The molecular weight excluding hydrogens is 196 g/mol. The molecule has 15 heavy (non-hydrogen) atoms. The van der Waals surface area contributed by atoms with E-state index in [9.17, 15) is 10.1 Å². The Balaban J connectivity index is 2.54. The molecule has 0 spiro atoms. The Morgan fingerprint density at radius 3 is 2.87 bits per heavy atom. The molecule has 0 atom stereocenters. The van der Waals surface area contributed by atoms with Gasteiger partial charge in [0.25, 0.3) is 5.69 Å². The van der Waals surface area contributed by atoms with Gasteiger partial charge in [-0.25, -0.2) is 0 Å². The van der Waals surface area contributed by atoms with Crippen LogP contribution in [0, 0.1) is 10.1 Å². The number of nitro groups is 1. The van der Waals surface area contributed by atoms with Gasteiger partial charge in [-0.2, -0.15) is 5.48 Å². The van der Waals surface area contributed by atoms with E-state index in [-0.39, 0.29) is 11.8 Å². The fraction of sp³-hybridized carbons (Fsp3) is 0.400. The largest absolute Gasteiger partial charge is 0.299 e. The normalized spacial score (nSPS) is 10.6. The van der Waals surface area contributed by atoms with Gasteiger partial charge in [0.1, 0.15) is 0 Å². The Morgan fingerprint density at radius 2 is 2.27 bits per heavy atom. The molecule has 1 aromatic rings. The van der Waals surface area contributed by atoms with Gasteiger partial charge in [-0.05, 0) is 19.4 Å². The zero-order valence-corrected chi connectivity index (χ0v) is 8.77. The minimum absolute atomic E-state index is 0.0868. The molecule has 1 N–H and O–H groups in total. The Labute approximate surface area is 88.2 Å². The maximum absolute atomic E-state index is 10.5. The van der Waals surface area contributed by atoms with Gasteiger partial charge in [-0.1, -0.05) is 12.1 Å². The van der Waals surface area contributed by atoms with Crippen molar-refractivity contribution >= 4 is 5.69 Å². The van der Waals surface area contributed by atoms with Crippen LogP contribution in [-0.4, -0.2) is 11.0 Å². The highest BCUT2D eigenvalue weighted by atomic mass is 16.7. The second kappa shape index (κ2) is 5.43. The van der Waals surface area contributed by atoms with E-state index in [1.165, 1.54) is 12.1 Å². The highest BCUT2D eigenvalue weighted by Crippen LogP contribution is 2.12. The molecule has 0 aliphatic heterocycles. The summed E-state index contributed by atoms with van der Waals surface area (Å²) in [6, 6.07) is 6.46. The molecule has 82 valence electrons. The topological polar surface area (TPSA) is 64.4 Å². The lowest BCUT2D eigenvalue weighted by Crippen LogP contribution is -2.18. The van der Waals surface area contributed by atoms with Gasteiger partial charge in [0.2, 0.25) is 0 Å². The summed E-state index contributed by atoms with van der Waals surface area (Å²) in [5.74, 6) is 0. The quantitative estimate of drug-likeness (QED) is 0.596. The molecule has 1 aromatic carbocycles. The SMILES string of the molecule is CC(C)ONCc1cccc([N+](=O)[O-])c1. The smallest absolute Gasteiger partial charge is 0.269 e. The van der Waals surface area contributed by atoms with Crippen LogP contribution in [0.1, 0.15) is 19.4 Å². The van der Waals surface area contributed by atoms with Crippen LogP contribution in [-0.2, 0) is 11.4 Å². The summed E-state index contributed by atoms with van der Waals surface area (Å²) in [5.41, 5.74) is 3.66. The Morgan fingerprint density at radius 1 is 1.53 bits per heavy atom. The molecule has 0 fully saturated rings. The minimum Gasteiger partial charge on any atom is -0.299 e. The van der Waals surface area contributed by atoms with Crippen molar-refractivity contribution in [1.82, 2.24) is 5.48 Å². The molecule has 0 aromatic heterocycles. The minimum atomic E-state index is -0.410. The van der Waals surface area contributed by atoms with Crippen molar-refractivity contribution in [3.8, 4) is 0 Å². The molecule has 0 aliphatic rings. The lowest BCUT2D eigenvalue weighted by atomic mass is 10.2. The standard InChI is InChI=1S/C10H14N2O3/c1-8(2)15-11-7-9-4-3-5-10(6-9)12(13)14/h3-6,8,11H,7H2,1-2H3. The van der Waals surface area contributed by atoms with E-state index >= 15 is 0 Å². The first-order valence-electron chi connectivity index (χ1n) is 4.71. The number of hydroxylamine groups is 1. The van der Waals surface area contributed by atoms with Crippen LogP contribution >= 0.6 is 0 Å². The third kappa shape index (κ3) is 4.05. The van der Waals surface area contributed by atoms with Crippen LogP contribution in [0.5, 0.6) is 0 Å². The van der Waals surface area contributed by atoms with Gasteiger partial charge < -0.3 is 0 Å². The summed E-state index contributed by atoms with van der Waals surface area (Å²) >= 11 is 0. The van der Waals surface area contributed by atoms with Crippen molar-refractivity contribution in [1.29, 1.82) is 0 Å². The second-order valence-corrected chi connectivity index (χ2v) is 3.41. The average molecular weight is 210 g/mol. The molecule has 0 amide bonds. The molecule has 0 bridgehead atoms. The predicted octanol–water partition coefficient (Wildman–Crippen LogP) is 2.02. The van der Waals surface area contributed by atoms with Gasteiger partial charge in [0, 0.05) is 18.7 Å². The molecule has 5 heteroatoms. The van der Waals surface area contributed by atoms with E-state index in [2.05, 4.69) is 5.48 Å². The van der Waals surface area contributed by atoms with Gasteiger partial charge in [-0.15, -0.1) is 0 Å². The Kier molecular flexibility index (Phi) is 4.20. The van der Waals surface area contributed by atoms with Crippen molar-refractivity contribution in [3.63, 3.8) is 0 Å². The van der Waals surface area contributed by atoms with Crippen molar-refractivity contribution in [3.05, 3.63) is 39.9 Å². The molecular formula is C10H14N2O3. The van der Waals surface area contributed by atoms with Crippen LogP contribution in [0.15, 0.2) is 24.3 Å². The number of non-ortho nitro benzene ring substituents is 1. The Bertz CT molecular complexity index is 339. The number of benzene rings is 1. The molecule has 1 rings (SSSR count). The third-order valence-corrected chi connectivity index (χ3v) is 1.72. The first-order chi connectivity index (χ1) is 7.09. The maximum atomic E-state index is 10.5. The number of nitrogens with zero attached hydrogens (tertiary/aromatic N) is 1. The number of rotatable bonds is 5. The molecule has 0 aliphatic carbocycles. The number of nitrogens with one attached hydrogen (secondary N) is 1. The lowest BCUT2D eigenvalue weighted by molar-refractivity contribution is -0.384. The summed E-state index contributed by atoms with van der Waals surface area (Å²) in [5, 5.41) is 10.5. The maximum Gasteiger partial charge on any atom is 0.269 e. The Hall–Kier alpha value is -1.46. The van der Waals surface area contributed by atoms with Gasteiger partial charge in [0.05, 0.1) is 11.0 Å². The van der Waals surface area contributed by atoms with E-state index in [1.54, 1.807) is 6.07 Å². The summed E-state index contributed by atoms with van der Waals surface area (Å²) in [4.78, 5) is 15.2. The number of nitro benzene ring substituents is 1. The molecule has 5 nitrogen and oxygen atoms in total. The number of hydrogen-bond donors (Lipinski definition) is 1. The van der Waals surface area contributed by atoms with Gasteiger partial charge in [0.15, 0.2) is 0 Å². The number of hydrogen-bond acceptors (Lipinski definition) is 4. The van der Waals surface area contributed by atoms with Gasteiger partial charge in [-0.3, -0.25) is 15.0 Å². The van der Waals surface area contributed by atoms with Crippen molar-refractivity contribution < 1.29 is 9.76 Å². The first-order valence-corrected chi connectivity index (χ1v) is 4.71. The van der Waals surface area contributed by atoms with Crippen molar-refractivity contribution in [2.24, 2.45) is 0 Å². The zero-order chi connectivity index (χ0) is 11.3. The van der Waals surface area contributed by atoms with Crippen LogP contribution in [0.25, 0.3) is 0 Å². The first kappa shape index (κ1) is 11.6. The van der Waals surface area contributed by atoms with Crippen molar-refractivity contribution in [2.75, 3.05) is 0 Å². The van der Waals surface area contributed by atoms with Crippen LogP contribution < -0.4 is 5.48 Å². The molecule has 0 radical (unpaired) electrons. The lowest BCUT2D eigenvalue weighted by Gasteiger charge is -2.08. The molecule has 0 unspecified atom stereocenters. The van der Waals surface area contributed by atoms with Crippen LogP contribution in [0.2, 0.25) is 0 Å². The molecule has 0 saturated heterocycles. The average Bonchev–Trinajstić information content (AvgIpc) is 2.17. The monoisotopic (exact) mass is 210 g/mol. The fourth-order valence-corrected chi connectivity index (χ4v) is 1.07. The summed E-state index contributed by atoms with van der Waals surface area (Å²) in [7, 11) is 0. The van der Waals surface area contributed by atoms with E-state index < -0.39 is 4.92 Å². The molecule has 0 saturated carbocycles. The predicted molar refractivity (Wildman–Crippen MR) is 56.2 cm³/mol. The van der Waals surface area contributed by atoms with Gasteiger partial charge >= 0.3 is 0 Å². The summed E-state index contributed by atoms with van der Waals surface area (Å²) in [6.07, 6.45) is 0.0868. The summed E-state index contributed by atoms with van der Waals surface area (Å²) in [6.45, 7) is 4.26. The van der Waals surface area contributed by atoms with E-state index in [1.807, 2.05) is 19.9 Å². The summed E-state index contributed by atoms with van der Waals surface area (Å²) < 4.78 is 0. The fourth-order valence-electron chi connectivity index (χ4n) is 1.07. The second-order valence-electron chi connectivity index (χ2n) is 3.41. The third-order valence-electron chi connectivity index (χ3n) is 1.72. The highest BCUT2D eigenvalue weighted by Gasteiger charge is 2.05. The van der Waals surface area contributed by atoms with Crippen molar-refractivity contribution in [2.45, 2.75) is 26.5 Å². The van der Waals surface area contributed by atoms with E-state index in [0.29, 0.717) is 6.54 Å². The van der Waals surface area contributed by atoms with Crippen LogP contribution in [0.3, 0.4) is 0 Å². The van der Waals surface area contributed by atoms with E-state index in [4.69, 9.17) is 4.84 Å². The highest BCUT2D eigenvalue weighted by molar-refractivity contribution is 5.34. The molecule has 0 heterocycles. The zero-order valence-electron chi connectivity index (χ0n) is 8.77. The van der Waals surface area contributed by atoms with E-state index in [0.717, 1.165) is 5.56 Å². The van der Waals surface area contributed by atoms with Crippen LogP contribution in [0.4, 0.5) is 5.69 Å².